The number of hydrogen-bond donors (Lipinski definition) is 1. The number of phenols is 1. The van der Waals surface area contributed by atoms with Gasteiger partial charge in [0.15, 0.2) is 0 Å². The zero-order valence-corrected chi connectivity index (χ0v) is 31.4. The summed E-state index contributed by atoms with van der Waals surface area (Å²) < 4.78 is 2.30. The molecule has 0 saturated heterocycles. The molecule has 0 spiro atoms. The van der Waals surface area contributed by atoms with Gasteiger partial charge in [0.2, 0.25) is 0 Å². The molecule has 5 nitrogen and oxygen atoms in total. The minimum atomic E-state index is -0.156. The largest absolute Gasteiger partial charge is 0.507 e. The molecule has 1 N–H and O–H groups in total. The van der Waals surface area contributed by atoms with E-state index in [1.165, 1.54) is 22.2 Å². The summed E-state index contributed by atoms with van der Waals surface area (Å²) in [4.78, 5) is 12.5. The number of aromatic hydroxyl groups is 1. The van der Waals surface area contributed by atoms with Gasteiger partial charge in [-0.15, -0.1) is 29.3 Å². The van der Waals surface area contributed by atoms with Gasteiger partial charge >= 0.3 is 6.98 Å². The average molecular weight is 833 g/mol. The van der Waals surface area contributed by atoms with Crippen molar-refractivity contribution in [3.8, 4) is 50.6 Å². The maximum Gasteiger partial charge on any atom is 0.417 e. The van der Waals surface area contributed by atoms with E-state index in [-0.39, 0.29) is 39.2 Å². The maximum absolute atomic E-state index is 11.3. The van der Waals surface area contributed by atoms with Gasteiger partial charge in [0.1, 0.15) is 11.6 Å². The Morgan fingerprint density at radius 2 is 1.46 bits per heavy atom. The molecular formula is C43H38BN4OPt-. The monoisotopic (exact) mass is 832 g/mol. The molecule has 250 valence electrons. The molecule has 7 heteroatoms. The first-order valence-corrected chi connectivity index (χ1v) is 16.8. The number of para-hydroxylation sites is 1. The minimum absolute atomic E-state index is 0. The van der Waals surface area contributed by atoms with Crippen molar-refractivity contribution < 1.29 is 26.2 Å². The summed E-state index contributed by atoms with van der Waals surface area (Å²) in [5.41, 5.74) is 14.3. The Bertz CT molecular complexity index is 2380. The van der Waals surface area contributed by atoms with Crippen LogP contribution in [0.5, 0.6) is 5.75 Å². The molecule has 0 fully saturated rings. The first kappa shape index (κ1) is 33.6. The van der Waals surface area contributed by atoms with Gasteiger partial charge in [-0.1, -0.05) is 116 Å². The third kappa shape index (κ3) is 5.56. The van der Waals surface area contributed by atoms with Gasteiger partial charge in [-0.3, -0.25) is 4.98 Å². The van der Waals surface area contributed by atoms with E-state index in [0.29, 0.717) is 0 Å². The van der Waals surface area contributed by atoms with Gasteiger partial charge in [0.05, 0.1) is 16.6 Å². The summed E-state index contributed by atoms with van der Waals surface area (Å²) in [7, 11) is 2.11. The van der Waals surface area contributed by atoms with E-state index in [9.17, 15) is 5.11 Å². The van der Waals surface area contributed by atoms with E-state index in [1.807, 2.05) is 18.3 Å². The van der Waals surface area contributed by atoms with Crippen molar-refractivity contribution in [3.05, 3.63) is 138 Å². The number of nitrogens with zero attached hydrogens (tertiary/aromatic N) is 4. The van der Waals surface area contributed by atoms with E-state index in [0.717, 1.165) is 61.6 Å². The van der Waals surface area contributed by atoms with Gasteiger partial charge in [0, 0.05) is 38.6 Å². The Labute approximate surface area is 309 Å². The van der Waals surface area contributed by atoms with Crippen LogP contribution in [-0.4, -0.2) is 33.6 Å². The molecule has 0 aliphatic carbocycles. The summed E-state index contributed by atoms with van der Waals surface area (Å²) >= 11 is 0. The topological polar surface area (TPSA) is 54.2 Å². The molecule has 5 aromatic carbocycles. The Hall–Kier alpha value is -4.93. The number of aryl methyl sites for hydroxylation is 2. The van der Waals surface area contributed by atoms with Gasteiger partial charge in [0.25, 0.3) is 0 Å². The number of anilines is 1. The third-order valence-electron chi connectivity index (χ3n) is 9.92. The number of benzene rings is 5. The van der Waals surface area contributed by atoms with Crippen molar-refractivity contribution in [2.24, 2.45) is 0 Å². The molecular weight excluding hydrogens is 794 g/mol. The van der Waals surface area contributed by atoms with Crippen LogP contribution in [0.2, 0.25) is 0 Å². The SMILES string of the molecule is Cc1cccc(C)c1B1N(C)c2cccc(O)c2-c2nc3c(-c4[c-]c(-c5cc(-c6ccccc6)ccn5)cc(C(C)(C)C)c4)cccc3n21.[Pt]. The van der Waals surface area contributed by atoms with Gasteiger partial charge in [-0.2, -0.15) is 0 Å². The second-order valence-electron chi connectivity index (χ2n) is 14.2. The Balaban J connectivity index is 0.00000392. The fourth-order valence-corrected chi connectivity index (χ4v) is 7.35. The molecule has 0 unspecified atom stereocenters. The van der Waals surface area contributed by atoms with Crippen molar-refractivity contribution in [1.29, 1.82) is 0 Å². The molecule has 8 rings (SSSR count). The zero-order valence-electron chi connectivity index (χ0n) is 29.1. The van der Waals surface area contributed by atoms with Crippen LogP contribution in [-0.2, 0) is 26.5 Å². The van der Waals surface area contributed by atoms with Crippen LogP contribution in [0, 0.1) is 19.9 Å². The first-order chi connectivity index (χ1) is 23.6. The van der Waals surface area contributed by atoms with E-state index in [1.54, 1.807) is 6.07 Å². The number of hydrogen-bond acceptors (Lipinski definition) is 4. The number of imidazole rings is 1. The number of fused-ring (bicyclic) bond motifs is 5. The number of pyridine rings is 1. The van der Waals surface area contributed by atoms with Crippen molar-refractivity contribution in [2.45, 2.75) is 40.0 Å². The van der Waals surface area contributed by atoms with Crippen LogP contribution < -0.4 is 10.3 Å². The summed E-state index contributed by atoms with van der Waals surface area (Å²) in [5, 5.41) is 11.3. The van der Waals surface area contributed by atoms with E-state index in [2.05, 4.69) is 148 Å². The van der Waals surface area contributed by atoms with E-state index < -0.39 is 0 Å². The quantitative estimate of drug-likeness (QED) is 0.142. The summed E-state index contributed by atoms with van der Waals surface area (Å²) in [6.07, 6.45) is 1.88. The predicted molar refractivity (Wildman–Crippen MR) is 204 cm³/mol. The zero-order chi connectivity index (χ0) is 34.0. The Morgan fingerprint density at radius 1 is 0.760 bits per heavy atom. The number of aromatic nitrogens is 3. The maximum atomic E-state index is 11.3. The van der Waals surface area contributed by atoms with E-state index >= 15 is 0 Å². The number of rotatable bonds is 4. The van der Waals surface area contributed by atoms with Crippen molar-refractivity contribution >= 4 is 29.2 Å². The molecule has 0 bridgehead atoms. The minimum Gasteiger partial charge on any atom is -0.507 e. The van der Waals surface area contributed by atoms with Crippen LogP contribution in [0.15, 0.2) is 115 Å². The normalized spacial score (nSPS) is 12.4. The van der Waals surface area contributed by atoms with Crippen LogP contribution in [0.25, 0.3) is 55.9 Å². The Morgan fingerprint density at radius 3 is 2.20 bits per heavy atom. The van der Waals surface area contributed by atoms with Crippen molar-refractivity contribution in [1.82, 2.24) is 14.4 Å². The molecule has 2 aromatic heterocycles. The number of phenolic OH excluding ortho intramolecular Hbond substituents is 1. The van der Waals surface area contributed by atoms with Crippen LogP contribution >= 0.6 is 0 Å². The van der Waals surface area contributed by atoms with Crippen molar-refractivity contribution in [2.75, 3.05) is 11.9 Å². The fourth-order valence-electron chi connectivity index (χ4n) is 7.35. The second-order valence-corrected chi connectivity index (χ2v) is 14.2. The van der Waals surface area contributed by atoms with Crippen LogP contribution in [0.4, 0.5) is 5.69 Å². The third-order valence-corrected chi connectivity index (χ3v) is 9.92. The predicted octanol–water partition coefficient (Wildman–Crippen LogP) is 9.21. The Kier molecular flexibility index (Phi) is 8.56. The summed E-state index contributed by atoms with van der Waals surface area (Å²) in [5.74, 6) is 0.973. The molecule has 0 atom stereocenters. The van der Waals surface area contributed by atoms with Crippen LogP contribution in [0.1, 0.15) is 37.5 Å². The molecule has 1 aliphatic rings. The first-order valence-electron chi connectivity index (χ1n) is 16.8. The fraction of sp³-hybridized carbons (Fsp3) is 0.163. The van der Waals surface area contributed by atoms with Crippen molar-refractivity contribution in [3.63, 3.8) is 0 Å². The average Bonchev–Trinajstić information content (AvgIpc) is 3.49. The smallest absolute Gasteiger partial charge is 0.417 e. The molecule has 0 saturated carbocycles. The van der Waals surface area contributed by atoms with Gasteiger partial charge in [-0.25, -0.2) is 4.98 Å². The summed E-state index contributed by atoms with van der Waals surface area (Å²) in [6, 6.07) is 41.4. The van der Waals surface area contributed by atoms with Gasteiger partial charge < -0.3 is 14.4 Å². The molecule has 7 aromatic rings. The summed E-state index contributed by atoms with van der Waals surface area (Å²) in [6.45, 7) is 10.9. The molecule has 0 amide bonds. The van der Waals surface area contributed by atoms with Gasteiger partial charge in [-0.05, 0) is 67.2 Å². The standard InChI is InChI=1S/C43H38BN4O.Pt/c1-27-13-10-14-28(2)40(27)44-47(6)36-18-12-20-38(49)39(36)42-46-41-34(17-11-19-37(41)48(42)44)31-23-32(25-33(24-31)43(3,4)5)35-26-30(21-22-45-35)29-15-8-7-9-16-29;/h7-22,24-26,49H,1-6H3;/q-1;. The van der Waals surface area contributed by atoms with E-state index in [4.69, 9.17) is 9.97 Å². The molecule has 3 heterocycles. The molecule has 50 heavy (non-hydrogen) atoms. The van der Waals surface area contributed by atoms with Crippen LogP contribution in [0.3, 0.4) is 0 Å². The molecule has 1 aliphatic heterocycles. The second kappa shape index (κ2) is 12.8. The molecule has 0 radical (unpaired) electrons.